The molecule has 2 aromatic rings. The molecule has 7 rings (SSSR count). The van der Waals surface area contributed by atoms with E-state index < -0.39 is 0 Å². The summed E-state index contributed by atoms with van der Waals surface area (Å²) in [4.78, 5) is 25.9. The van der Waals surface area contributed by atoms with Gasteiger partial charge in [0.05, 0.1) is 18.1 Å². The second-order valence-corrected chi connectivity index (χ2v) is 9.82. The van der Waals surface area contributed by atoms with Crippen molar-refractivity contribution >= 4 is 41.2 Å². The van der Waals surface area contributed by atoms with E-state index in [9.17, 15) is 9.59 Å². The lowest BCUT2D eigenvalue weighted by Crippen LogP contribution is -2.40. The van der Waals surface area contributed by atoms with Crippen molar-refractivity contribution in [3.63, 3.8) is 0 Å². The Kier molecular flexibility index (Phi) is 4.67. The number of halogens is 2. The molecule has 2 bridgehead atoms. The van der Waals surface area contributed by atoms with Crippen molar-refractivity contribution in [2.75, 3.05) is 0 Å². The Balaban J connectivity index is 1.12. The van der Waals surface area contributed by atoms with E-state index in [0.29, 0.717) is 34.2 Å². The van der Waals surface area contributed by atoms with Gasteiger partial charge < -0.3 is 4.74 Å². The smallest absolute Gasteiger partial charge is 0.254 e. The quantitative estimate of drug-likeness (QED) is 0.355. The van der Waals surface area contributed by atoms with E-state index in [2.05, 4.69) is 17.3 Å². The van der Waals surface area contributed by atoms with Crippen molar-refractivity contribution in [3.8, 4) is 5.75 Å². The zero-order valence-electron chi connectivity index (χ0n) is 17.0. The van der Waals surface area contributed by atoms with Crippen LogP contribution in [-0.2, 0) is 16.2 Å². The van der Waals surface area contributed by atoms with Gasteiger partial charge in [0.15, 0.2) is 0 Å². The van der Waals surface area contributed by atoms with Crippen LogP contribution in [0.3, 0.4) is 0 Å². The van der Waals surface area contributed by atoms with E-state index in [4.69, 9.17) is 27.9 Å². The molecule has 0 spiro atoms. The molecule has 6 atom stereocenters. The maximum atomic E-state index is 13.0. The van der Waals surface area contributed by atoms with Gasteiger partial charge in [-0.2, -0.15) is 10.1 Å². The fourth-order valence-corrected chi connectivity index (χ4v) is 6.09. The third kappa shape index (κ3) is 3.18. The number of ether oxygens (including phenoxy) is 1. The van der Waals surface area contributed by atoms with Gasteiger partial charge in [-0.15, -0.1) is 0 Å². The van der Waals surface area contributed by atoms with Crippen LogP contribution in [0.15, 0.2) is 59.7 Å². The van der Waals surface area contributed by atoms with Crippen LogP contribution in [0, 0.1) is 35.5 Å². The van der Waals surface area contributed by atoms with Crippen LogP contribution in [0.1, 0.15) is 17.5 Å². The molecule has 32 heavy (non-hydrogen) atoms. The highest BCUT2D eigenvalue weighted by atomic mass is 35.5. The third-order valence-corrected chi connectivity index (χ3v) is 7.84. The Morgan fingerprint density at radius 2 is 1.62 bits per heavy atom. The Labute approximate surface area is 195 Å². The second-order valence-electron chi connectivity index (χ2n) is 8.98. The summed E-state index contributed by atoms with van der Waals surface area (Å²) in [6.45, 7) is 0.321. The number of allylic oxidation sites excluding steroid dienone is 2. The summed E-state index contributed by atoms with van der Waals surface area (Å²) in [6, 6.07) is 12.6. The molecule has 0 N–H and O–H groups in total. The van der Waals surface area contributed by atoms with E-state index >= 15 is 0 Å². The van der Waals surface area contributed by atoms with E-state index in [1.807, 2.05) is 30.3 Å². The van der Waals surface area contributed by atoms with Crippen LogP contribution in [0.5, 0.6) is 5.75 Å². The highest BCUT2D eigenvalue weighted by Crippen LogP contribution is 2.65. The molecular weight excluding hydrogens is 447 g/mol. The molecule has 162 valence electrons. The van der Waals surface area contributed by atoms with E-state index in [1.54, 1.807) is 18.3 Å². The number of hydrazone groups is 1. The summed E-state index contributed by atoms with van der Waals surface area (Å²) in [5.74, 6) is 1.50. The Morgan fingerprint density at radius 3 is 2.25 bits per heavy atom. The average Bonchev–Trinajstić information content (AvgIpc) is 3.57. The summed E-state index contributed by atoms with van der Waals surface area (Å²) >= 11 is 12.1. The summed E-state index contributed by atoms with van der Waals surface area (Å²) in [6.07, 6.45) is 7.03. The Hall–Kier alpha value is -2.63. The van der Waals surface area contributed by atoms with Crippen LogP contribution in [0.25, 0.3) is 0 Å². The standard InChI is InChI=1S/C25H20Cl2N2O3/c26-15-4-3-14(21(27)9-15)12-32-16-5-1-13(2-6-16)11-28-29-24(30)22-17-7-8-18(20-10-19(17)20)23(22)25(29)31/h1-9,11,17-20,22-23H,10,12H2/t17-,18-,19-,20+,22-,23+/m0/s1. The van der Waals surface area contributed by atoms with Crippen LogP contribution < -0.4 is 4.74 Å². The molecule has 1 heterocycles. The van der Waals surface area contributed by atoms with Gasteiger partial charge in [-0.25, -0.2) is 0 Å². The zero-order chi connectivity index (χ0) is 22.0. The minimum atomic E-state index is -0.228. The number of nitrogens with zero attached hydrogens (tertiary/aromatic N) is 2. The van der Waals surface area contributed by atoms with Crippen molar-refractivity contribution in [2.24, 2.45) is 40.6 Å². The zero-order valence-corrected chi connectivity index (χ0v) is 18.5. The summed E-state index contributed by atoms with van der Waals surface area (Å²) < 4.78 is 5.79. The maximum absolute atomic E-state index is 13.0. The first-order valence-electron chi connectivity index (χ1n) is 10.8. The average molecular weight is 467 g/mol. The first kappa shape index (κ1) is 20.0. The fourth-order valence-electron chi connectivity index (χ4n) is 5.63. The number of benzene rings is 2. The van der Waals surface area contributed by atoms with Gasteiger partial charge in [-0.3, -0.25) is 9.59 Å². The number of carbonyl (C=O) groups is 2. The molecule has 3 fully saturated rings. The highest BCUT2D eigenvalue weighted by Gasteiger charge is 2.67. The molecule has 5 aliphatic rings. The lowest BCUT2D eigenvalue weighted by Gasteiger charge is -2.37. The highest BCUT2D eigenvalue weighted by molar-refractivity contribution is 6.35. The van der Waals surface area contributed by atoms with Crippen LogP contribution in [0.2, 0.25) is 10.0 Å². The van der Waals surface area contributed by atoms with E-state index in [-0.39, 0.29) is 35.5 Å². The van der Waals surface area contributed by atoms with Gasteiger partial charge in [0.25, 0.3) is 11.8 Å². The predicted molar refractivity (Wildman–Crippen MR) is 121 cm³/mol. The molecule has 0 unspecified atom stereocenters. The van der Waals surface area contributed by atoms with Gasteiger partial charge in [-0.05, 0) is 72.1 Å². The maximum Gasteiger partial charge on any atom is 0.254 e. The number of imide groups is 1. The normalized spacial score (nSPS) is 31.9. The number of carbonyl (C=O) groups excluding carboxylic acids is 2. The summed E-state index contributed by atoms with van der Waals surface area (Å²) in [7, 11) is 0. The molecule has 5 nitrogen and oxygen atoms in total. The van der Waals surface area contributed by atoms with Gasteiger partial charge in [-0.1, -0.05) is 41.4 Å². The lowest BCUT2D eigenvalue weighted by molar-refractivity contribution is -0.140. The largest absolute Gasteiger partial charge is 0.489 e. The van der Waals surface area contributed by atoms with Crippen LogP contribution >= 0.6 is 23.2 Å². The van der Waals surface area contributed by atoms with Crippen molar-refractivity contribution in [1.29, 1.82) is 0 Å². The lowest BCUT2D eigenvalue weighted by atomic mass is 9.63. The van der Waals surface area contributed by atoms with Crippen molar-refractivity contribution < 1.29 is 14.3 Å². The van der Waals surface area contributed by atoms with Crippen molar-refractivity contribution in [3.05, 3.63) is 75.8 Å². The van der Waals surface area contributed by atoms with Gasteiger partial charge >= 0.3 is 0 Å². The number of hydrogen-bond donors (Lipinski definition) is 0. The number of amides is 2. The third-order valence-electron chi connectivity index (χ3n) is 7.25. The summed E-state index contributed by atoms with van der Waals surface area (Å²) in [5.41, 5.74) is 1.62. The molecule has 0 radical (unpaired) electrons. The molecule has 7 heteroatoms. The van der Waals surface area contributed by atoms with E-state index in [1.165, 1.54) is 0 Å². The first-order valence-corrected chi connectivity index (χ1v) is 11.5. The second kappa shape index (κ2) is 7.46. The van der Waals surface area contributed by atoms with Crippen LogP contribution in [0.4, 0.5) is 0 Å². The minimum Gasteiger partial charge on any atom is -0.489 e. The molecular formula is C25H20Cl2N2O3. The van der Waals surface area contributed by atoms with Crippen LogP contribution in [-0.4, -0.2) is 23.0 Å². The monoisotopic (exact) mass is 466 g/mol. The molecule has 0 aromatic heterocycles. The van der Waals surface area contributed by atoms with Gasteiger partial charge in [0.2, 0.25) is 0 Å². The topological polar surface area (TPSA) is 59.0 Å². The molecule has 4 aliphatic carbocycles. The van der Waals surface area contributed by atoms with E-state index in [0.717, 1.165) is 22.6 Å². The molecule has 2 aromatic carbocycles. The molecule has 2 amide bonds. The molecule has 2 saturated carbocycles. The summed E-state index contributed by atoms with van der Waals surface area (Å²) in [5, 5.41) is 6.51. The molecule has 1 aliphatic heterocycles. The fraction of sp³-hybridized carbons (Fsp3) is 0.320. The van der Waals surface area contributed by atoms with Gasteiger partial charge in [0.1, 0.15) is 12.4 Å². The predicted octanol–water partition coefficient (Wildman–Crippen LogP) is 4.96. The molecule has 1 saturated heterocycles. The van der Waals surface area contributed by atoms with Crippen molar-refractivity contribution in [2.45, 2.75) is 13.0 Å². The van der Waals surface area contributed by atoms with Gasteiger partial charge in [0, 0.05) is 15.6 Å². The number of hydrogen-bond acceptors (Lipinski definition) is 4. The SMILES string of the molecule is O=C1[C@@H]2[C@H]3C=C[C@@H]([C@@H]4C[C@H]34)[C@@H]2C(=O)N1N=Cc1ccc(OCc2ccc(Cl)cc2Cl)cc1. The Bertz CT molecular complexity index is 1140. The minimum absolute atomic E-state index is 0.152. The Morgan fingerprint density at radius 1 is 0.969 bits per heavy atom. The number of rotatable bonds is 5. The van der Waals surface area contributed by atoms with Crippen molar-refractivity contribution in [1.82, 2.24) is 5.01 Å². The first-order chi connectivity index (χ1) is 15.5.